The lowest BCUT2D eigenvalue weighted by Crippen LogP contribution is -2.15. The van der Waals surface area contributed by atoms with Crippen LogP contribution >= 0.6 is 0 Å². The molecule has 1 amide bonds. The number of nitrogens with one attached hydrogen (secondary N) is 1. The summed E-state index contributed by atoms with van der Waals surface area (Å²) < 4.78 is 0. The molecule has 0 bridgehead atoms. The maximum absolute atomic E-state index is 12.2. The van der Waals surface area contributed by atoms with Crippen molar-refractivity contribution in [2.24, 2.45) is 0 Å². The Labute approximate surface area is 136 Å². The van der Waals surface area contributed by atoms with Crippen molar-refractivity contribution in [3.63, 3.8) is 0 Å². The molecule has 0 atom stereocenters. The summed E-state index contributed by atoms with van der Waals surface area (Å²) in [7, 11) is 0. The minimum absolute atomic E-state index is 0.0249. The van der Waals surface area contributed by atoms with Crippen LogP contribution < -0.4 is 5.32 Å². The van der Waals surface area contributed by atoms with E-state index in [1.807, 2.05) is 0 Å². The normalized spacial score (nSPS) is 13.3. The molecule has 1 N–H and O–H groups in total. The molecule has 118 valence electrons. The molecule has 23 heavy (non-hydrogen) atoms. The van der Waals surface area contributed by atoms with E-state index in [4.69, 9.17) is 0 Å². The molecule has 1 aliphatic carbocycles. The van der Waals surface area contributed by atoms with Gasteiger partial charge in [0.15, 0.2) is 5.78 Å². The molecule has 0 saturated heterocycles. The Morgan fingerprint density at radius 3 is 2.35 bits per heavy atom. The van der Waals surface area contributed by atoms with Crippen molar-refractivity contribution >= 4 is 17.4 Å². The Morgan fingerprint density at radius 2 is 1.65 bits per heavy atom. The van der Waals surface area contributed by atoms with Gasteiger partial charge in [-0.05, 0) is 73.6 Å². The van der Waals surface area contributed by atoms with E-state index in [-0.39, 0.29) is 11.7 Å². The Morgan fingerprint density at radius 1 is 0.957 bits per heavy atom. The third-order valence-electron chi connectivity index (χ3n) is 4.35. The lowest BCUT2D eigenvalue weighted by atomic mass is 9.90. The zero-order valence-corrected chi connectivity index (χ0v) is 13.4. The first-order chi connectivity index (χ1) is 11.1. The van der Waals surface area contributed by atoms with E-state index in [2.05, 4.69) is 23.5 Å². The summed E-state index contributed by atoms with van der Waals surface area (Å²) >= 11 is 0. The van der Waals surface area contributed by atoms with Gasteiger partial charge >= 0.3 is 0 Å². The van der Waals surface area contributed by atoms with Crippen LogP contribution in [0.25, 0.3) is 0 Å². The number of hydrogen-bond donors (Lipinski definition) is 1. The minimum atomic E-state index is -0.0312. The third-order valence-corrected chi connectivity index (χ3v) is 4.35. The Balaban J connectivity index is 1.64. The van der Waals surface area contributed by atoms with Crippen LogP contribution in [0.4, 0.5) is 5.69 Å². The summed E-state index contributed by atoms with van der Waals surface area (Å²) in [5, 5.41) is 2.89. The standard InChI is InChI=1S/C20H21NO2/c1-14(22)16-8-10-19(11-9-16)21-20(23)13-15-6-7-17-4-2-3-5-18(17)12-15/h6-12H,2-5,13H2,1H3,(H,21,23). The molecule has 2 aromatic carbocycles. The van der Waals surface area contributed by atoms with Crippen LogP contribution in [0, 0.1) is 0 Å². The van der Waals surface area contributed by atoms with E-state index in [0.29, 0.717) is 12.0 Å². The predicted molar refractivity (Wildman–Crippen MR) is 91.9 cm³/mol. The number of rotatable bonds is 4. The summed E-state index contributed by atoms with van der Waals surface area (Å²) in [5.74, 6) is -0.00623. The smallest absolute Gasteiger partial charge is 0.228 e. The first kappa shape index (κ1) is 15.5. The predicted octanol–water partition coefficient (Wildman–Crippen LogP) is 3.95. The summed E-state index contributed by atoms with van der Waals surface area (Å²) in [6.45, 7) is 1.53. The minimum Gasteiger partial charge on any atom is -0.326 e. The summed E-state index contributed by atoms with van der Waals surface area (Å²) in [5.41, 5.74) is 5.26. The molecule has 0 saturated carbocycles. The van der Waals surface area contributed by atoms with Crippen molar-refractivity contribution in [1.82, 2.24) is 0 Å². The number of Topliss-reactive ketones (excluding diaryl/α,β-unsaturated/α-hetero) is 1. The molecule has 3 rings (SSSR count). The van der Waals surface area contributed by atoms with Crippen molar-refractivity contribution < 1.29 is 9.59 Å². The van der Waals surface area contributed by atoms with Crippen LogP contribution in [0.5, 0.6) is 0 Å². The molecular weight excluding hydrogens is 286 g/mol. The molecule has 0 aliphatic heterocycles. The number of fused-ring (bicyclic) bond motifs is 1. The van der Waals surface area contributed by atoms with Gasteiger partial charge in [0.2, 0.25) is 5.91 Å². The van der Waals surface area contributed by atoms with Gasteiger partial charge in [-0.25, -0.2) is 0 Å². The molecule has 0 heterocycles. The maximum atomic E-state index is 12.2. The highest BCUT2D eigenvalue weighted by Crippen LogP contribution is 2.22. The average Bonchev–Trinajstić information content (AvgIpc) is 2.55. The van der Waals surface area contributed by atoms with Gasteiger partial charge in [0, 0.05) is 11.3 Å². The van der Waals surface area contributed by atoms with Gasteiger partial charge in [0.05, 0.1) is 6.42 Å². The van der Waals surface area contributed by atoms with Crippen molar-refractivity contribution in [2.45, 2.75) is 39.0 Å². The molecule has 0 aromatic heterocycles. The van der Waals surface area contributed by atoms with Gasteiger partial charge < -0.3 is 5.32 Å². The van der Waals surface area contributed by atoms with Crippen LogP contribution in [0.15, 0.2) is 42.5 Å². The average molecular weight is 307 g/mol. The van der Waals surface area contributed by atoms with Crippen LogP contribution in [0.3, 0.4) is 0 Å². The topological polar surface area (TPSA) is 46.2 Å². The fraction of sp³-hybridized carbons (Fsp3) is 0.300. The first-order valence-electron chi connectivity index (χ1n) is 8.13. The number of anilines is 1. The van der Waals surface area contributed by atoms with Crippen LogP contribution in [-0.4, -0.2) is 11.7 Å². The van der Waals surface area contributed by atoms with E-state index in [1.165, 1.54) is 30.9 Å². The van der Waals surface area contributed by atoms with Crippen LogP contribution in [0.2, 0.25) is 0 Å². The van der Waals surface area contributed by atoms with Crippen LogP contribution in [-0.2, 0) is 24.1 Å². The summed E-state index contributed by atoms with van der Waals surface area (Å²) in [6, 6.07) is 13.4. The lowest BCUT2D eigenvalue weighted by Gasteiger charge is -2.16. The number of carbonyl (C=O) groups is 2. The van der Waals surface area contributed by atoms with Crippen molar-refractivity contribution in [3.8, 4) is 0 Å². The van der Waals surface area contributed by atoms with Gasteiger partial charge in [0.25, 0.3) is 0 Å². The maximum Gasteiger partial charge on any atom is 0.228 e. The monoisotopic (exact) mass is 307 g/mol. The molecule has 0 radical (unpaired) electrons. The number of aryl methyl sites for hydroxylation is 2. The number of amides is 1. The molecule has 3 nitrogen and oxygen atoms in total. The zero-order chi connectivity index (χ0) is 16.2. The highest BCUT2D eigenvalue weighted by molar-refractivity contribution is 5.96. The van der Waals surface area contributed by atoms with E-state index >= 15 is 0 Å². The van der Waals surface area contributed by atoms with E-state index in [1.54, 1.807) is 24.3 Å². The van der Waals surface area contributed by atoms with Crippen LogP contribution in [0.1, 0.15) is 46.8 Å². The summed E-state index contributed by atoms with van der Waals surface area (Å²) in [6.07, 6.45) is 5.16. The van der Waals surface area contributed by atoms with Gasteiger partial charge in [-0.15, -0.1) is 0 Å². The van der Waals surface area contributed by atoms with E-state index < -0.39 is 0 Å². The molecule has 2 aromatic rings. The van der Waals surface area contributed by atoms with Crippen molar-refractivity contribution in [1.29, 1.82) is 0 Å². The second-order valence-electron chi connectivity index (χ2n) is 6.17. The fourth-order valence-corrected chi connectivity index (χ4v) is 3.08. The highest BCUT2D eigenvalue weighted by Gasteiger charge is 2.11. The molecular formula is C20H21NO2. The van der Waals surface area contributed by atoms with Gasteiger partial charge in [-0.1, -0.05) is 18.2 Å². The summed E-state index contributed by atoms with van der Waals surface area (Å²) in [4.78, 5) is 23.4. The Bertz CT molecular complexity index is 732. The number of ketones is 1. The van der Waals surface area contributed by atoms with E-state index in [0.717, 1.165) is 24.1 Å². The third kappa shape index (κ3) is 3.86. The molecule has 0 unspecified atom stereocenters. The Kier molecular flexibility index (Phi) is 4.56. The second kappa shape index (κ2) is 6.78. The SMILES string of the molecule is CC(=O)c1ccc(NC(=O)Cc2ccc3c(c2)CCCC3)cc1. The van der Waals surface area contributed by atoms with Gasteiger partial charge in [0.1, 0.15) is 0 Å². The number of carbonyl (C=O) groups excluding carboxylic acids is 2. The fourth-order valence-electron chi connectivity index (χ4n) is 3.08. The largest absolute Gasteiger partial charge is 0.326 e. The quantitative estimate of drug-likeness (QED) is 0.869. The molecule has 3 heteroatoms. The second-order valence-corrected chi connectivity index (χ2v) is 6.17. The molecule has 0 spiro atoms. The van der Waals surface area contributed by atoms with Crippen molar-refractivity contribution in [2.75, 3.05) is 5.32 Å². The number of benzene rings is 2. The van der Waals surface area contributed by atoms with Crippen molar-refractivity contribution in [3.05, 3.63) is 64.7 Å². The zero-order valence-electron chi connectivity index (χ0n) is 13.4. The lowest BCUT2D eigenvalue weighted by molar-refractivity contribution is -0.115. The number of hydrogen-bond acceptors (Lipinski definition) is 2. The molecule has 0 fully saturated rings. The van der Waals surface area contributed by atoms with E-state index in [9.17, 15) is 9.59 Å². The van der Waals surface area contributed by atoms with Gasteiger partial charge in [-0.3, -0.25) is 9.59 Å². The Hall–Kier alpha value is -2.42. The molecule has 1 aliphatic rings. The highest BCUT2D eigenvalue weighted by atomic mass is 16.1. The van der Waals surface area contributed by atoms with Gasteiger partial charge in [-0.2, -0.15) is 0 Å². The first-order valence-corrected chi connectivity index (χ1v) is 8.13.